The second-order valence-electron chi connectivity index (χ2n) is 12.8. The zero-order chi connectivity index (χ0) is 34.8. The molecule has 0 saturated carbocycles. The molecule has 0 spiro atoms. The molecule has 48 heavy (non-hydrogen) atoms. The fourth-order valence-electron chi connectivity index (χ4n) is 5.81. The number of nitrogens with one attached hydrogen (secondary N) is 1. The molecule has 0 aliphatic carbocycles. The lowest BCUT2D eigenvalue weighted by molar-refractivity contribution is -0.154. The first-order valence-corrected chi connectivity index (χ1v) is 15.6. The summed E-state index contributed by atoms with van der Waals surface area (Å²) in [5, 5.41) is 7.09. The van der Waals surface area contributed by atoms with E-state index < -0.39 is 41.9 Å². The second-order valence-corrected chi connectivity index (χ2v) is 12.8. The molecule has 1 N–H and O–H groups in total. The molecule has 3 aromatic carbocycles. The summed E-state index contributed by atoms with van der Waals surface area (Å²) in [5.74, 6) is -2.41. The largest absolute Gasteiger partial charge is 0.460 e. The van der Waals surface area contributed by atoms with Crippen molar-refractivity contribution >= 4 is 45.7 Å². The number of carbonyl (C=O) groups excluding carboxylic acids is 3. The molecule has 1 aromatic heterocycles. The van der Waals surface area contributed by atoms with Gasteiger partial charge in [-0.25, -0.2) is 4.39 Å². The number of benzene rings is 3. The van der Waals surface area contributed by atoms with Crippen LogP contribution in [-0.4, -0.2) is 59.5 Å². The Morgan fingerprint density at radius 2 is 1.67 bits per heavy atom. The average molecular weight is 668 g/mol. The predicted octanol–water partition coefficient (Wildman–Crippen LogP) is 7.14. The van der Waals surface area contributed by atoms with E-state index in [2.05, 4.69) is 15.3 Å². The van der Waals surface area contributed by atoms with Crippen LogP contribution in [0.25, 0.3) is 10.9 Å². The van der Waals surface area contributed by atoms with Crippen LogP contribution < -0.4 is 15.1 Å². The van der Waals surface area contributed by atoms with Crippen LogP contribution in [0, 0.1) is 5.82 Å². The molecule has 2 heterocycles. The van der Waals surface area contributed by atoms with Crippen LogP contribution in [0.1, 0.15) is 66.4 Å². The Hall–Kier alpha value is -4.94. The first-order valence-electron chi connectivity index (χ1n) is 15.6. The van der Waals surface area contributed by atoms with E-state index in [4.69, 9.17) is 4.74 Å². The van der Waals surface area contributed by atoms with Crippen molar-refractivity contribution < 1.29 is 36.7 Å². The maximum Gasteiger partial charge on any atom is 0.408 e. The molecule has 1 aliphatic rings. The molecule has 0 radical (unpaired) electrons. The Balaban J connectivity index is 1.48. The van der Waals surface area contributed by atoms with Gasteiger partial charge in [-0.3, -0.25) is 19.1 Å². The van der Waals surface area contributed by atoms with Crippen LogP contribution in [0.15, 0.2) is 60.7 Å². The first-order chi connectivity index (χ1) is 22.6. The number of ether oxygens (including phenoxy) is 1. The maximum atomic E-state index is 14.3. The van der Waals surface area contributed by atoms with Gasteiger partial charge >= 0.3 is 12.1 Å². The van der Waals surface area contributed by atoms with Crippen molar-refractivity contribution in [1.82, 2.24) is 9.78 Å². The Kier molecular flexibility index (Phi) is 9.79. The monoisotopic (exact) mass is 667 g/mol. The van der Waals surface area contributed by atoms with Crippen molar-refractivity contribution in [3.63, 3.8) is 0 Å². The summed E-state index contributed by atoms with van der Waals surface area (Å²) >= 11 is 0. The number of hydrogen-bond donors (Lipinski definition) is 1. The Bertz CT molecular complexity index is 1840. The Morgan fingerprint density at radius 1 is 0.958 bits per heavy atom. The van der Waals surface area contributed by atoms with E-state index >= 15 is 0 Å². The van der Waals surface area contributed by atoms with Crippen molar-refractivity contribution in [3.05, 3.63) is 83.3 Å². The summed E-state index contributed by atoms with van der Waals surface area (Å²) in [6, 6.07) is 14.8. The van der Waals surface area contributed by atoms with E-state index in [0.29, 0.717) is 24.5 Å². The van der Waals surface area contributed by atoms with Gasteiger partial charge in [-0.2, -0.15) is 18.3 Å². The number of amides is 2. The molecular weight excluding hydrogens is 630 g/mol. The molecule has 0 bridgehead atoms. The first kappa shape index (κ1) is 34.4. The van der Waals surface area contributed by atoms with Crippen LogP contribution in [0.3, 0.4) is 0 Å². The molecule has 254 valence electrons. The Labute approximate surface area is 275 Å². The number of nitrogens with zero attached hydrogens (tertiary/aromatic N) is 4. The molecule has 1 fully saturated rings. The fraction of sp³-hybridized carbons (Fsp3) is 0.371. The van der Waals surface area contributed by atoms with Gasteiger partial charge in [-0.15, -0.1) is 0 Å². The number of hydrogen-bond acceptors (Lipinski definition) is 6. The smallest absolute Gasteiger partial charge is 0.408 e. The van der Waals surface area contributed by atoms with Crippen molar-refractivity contribution in [2.45, 2.75) is 64.8 Å². The van der Waals surface area contributed by atoms with Gasteiger partial charge in [0.25, 0.3) is 11.8 Å². The quantitative estimate of drug-likeness (QED) is 0.159. The van der Waals surface area contributed by atoms with Crippen molar-refractivity contribution in [2.24, 2.45) is 0 Å². The number of halogens is 4. The minimum Gasteiger partial charge on any atom is -0.460 e. The van der Waals surface area contributed by atoms with Crippen molar-refractivity contribution in [2.75, 3.05) is 35.3 Å². The van der Waals surface area contributed by atoms with E-state index in [-0.39, 0.29) is 39.8 Å². The van der Waals surface area contributed by atoms with Gasteiger partial charge in [0.15, 0.2) is 5.69 Å². The molecule has 0 unspecified atom stereocenters. The van der Waals surface area contributed by atoms with Crippen LogP contribution in [-0.2, 0) is 22.5 Å². The van der Waals surface area contributed by atoms with Crippen LogP contribution >= 0.6 is 0 Å². The fourth-order valence-corrected chi connectivity index (χ4v) is 5.81. The molecule has 9 nitrogen and oxygen atoms in total. The summed E-state index contributed by atoms with van der Waals surface area (Å²) < 4.78 is 60.4. The van der Waals surface area contributed by atoms with Gasteiger partial charge in [0, 0.05) is 36.8 Å². The highest BCUT2D eigenvalue weighted by atomic mass is 19.4. The molecule has 1 saturated heterocycles. The van der Waals surface area contributed by atoms with Crippen LogP contribution in [0.4, 0.5) is 34.6 Å². The molecular formula is C35H37F4N5O4. The van der Waals surface area contributed by atoms with Gasteiger partial charge < -0.3 is 19.9 Å². The highest BCUT2D eigenvalue weighted by Gasteiger charge is 2.31. The molecule has 4 aromatic rings. The van der Waals surface area contributed by atoms with Gasteiger partial charge in [0.1, 0.15) is 18.0 Å². The van der Waals surface area contributed by atoms with Gasteiger partial charge in [-0.05, 0) is 88.1 Å². The predicted molar refractivity (Wildman–Crippen MR) is 175 cm³/mol. The lowest BCUT2D eigenvalue weighted by Gasteiger charge is -2.31. The van der Waals surface area contributed by atoms with Gasteiger partial charge in [0.2, 0.25) is 0 Å². The third kappa shape index (κ3) is 8.12. The number of fused-ring (bicyclic) bond motifs is 1. The molecule has 0 atom stereocenters. The summed E-state index contributed by atoms with van der Waals surface area (Å²) in [5.41, 5.74) is 0.853. The number of piperidine rings is 1. The van der Waals surface area contributed by atoms with Crippen LogP contribution in [0.2, 0.25) is 0 Å². The third-order valence-corrected chi connectivity index (χ3v) is 7.85. The second kappa shape index (κ2) is 13.7. The Morgan fingerprint density at radius 3 is 2.35 bits per heavy atom. The molecule has 13 heteroatoms. The van der Waals surface area contributed by atoms with E-state index in [9.17, 15) is 31.9 Å². The number of para-hydroxylation sites is 1. The number of esters is 1. The lowest BCUT2D eigenvalue weighted by atomic mass is 10.1. The molecule has 5 rings (SSSR count). The number of anilines is 3. The van der Waals surface area contributed by atoms with E-state index in [1.54, 1.807) is 45.0 Å². The third-order valence-electron chi connectivity index (χ3n) is 7.85. The van der Waals surface area contributed by atoms with E-state index in [1.807, 2.05) is 0 Å². The number of carbonyl (C=O) groups is 3. The lowest BCUT2D eigenvalue weighted by Crippen LogP contribution is -2.31. The normalized spacial score (nSPS) is 13.8. The minimum absolute atomic E-state index is 0.156. The maximum absolute atomic E-state index is 14.3. The number of rotatable bonds is 8. The molecule has 1 aliphatic heterocycles. The van der Waals surface area contributed by atoms with Crippen molar-refractivity contribution in [1.29, 1.82) is 0 Å². The minimum atomic E-state index is -4.55. The number of aromatic nitrogens is 2. The SMILES string of the molecule is CN(C(=O)c1ccc(N2CCCCC2)c(NC(=O)c2nn(CC(F)(F)F)c3ccccc23)c1)c1ccc(F)cc1CC(=O)OC(C)(C)C. The average Bonchev–Trinajstić information content (AvgIpc) is 3.37. The summed E-state index contributed by atoms with van der Waals surface area (Å²) in [7, 11) is 1.49. The molecule has 2 amide bonds. The highest BCUT2D eigenvalue weighted by Crippen LogP contribution is 2.33. The van der Waals surface area contributed by atoms with E-state index in [1.165, 1.54) is 48.3 Å². The summed E-state index contributed by atoms with van der Waals surface area (Å²) in [6.45, 7) is 5.20. The zero-order valence-electron chi connectivity index (χ0n) is 27.2. The van der Waals surface area contributed by atoms with E-state index in [0.717, 1.165) is 23.9 Å². The van der Waals surface area contributed by atoms with Crippen molar-refractivity contribution in [3.8, 4) is 0 Å². The van der Waals surface area contributed by atoms with Gasteiger partial charge in [-0.1, -0.05) is 18.2 Å². The standard InChI is InChI=1S/C35H37F4N5O4/c1-34(2,3)48-30(45)20-23-18-24(36)13-15-27(23)42(4)33(47)22-12-14-29(43-16-8-5-9-17-43)26(19-22)40-32(46)31-25-10-6-7-11-28(25)44(41-31)21-35(37,38)39/h6-7,10-15,18-19H,5,8-9,16-17,20-21H2,1-4H3,(H,40,46). The summed E-state index contributed by atoms with van der Waals surface area (Å²) in [4.78, 5) is 43.5. The topological polar surface area (TPSA) is 96.8 Å². The zero-order valence-corrected chi connectivity index (χ0v) is 27.2. The summed E-state index contributed by atoms with van der Waals surface area (Å²) in [6.07, 6.45) is -1.93. The van der Waals surface area contributed by atoms with Crippen LogP contribution in [0.5, 0.6) is 0 Å². The number of alkyl halides is 3. The van der Waals surface area contributed by atoms with Gasteiger partial charge in [0.05, 0.1) is 23.3 Å². The highest BCUT2D eigenvalue weighted by molar-refractivity contribution is 6.13.